The first-order valence-electron chi connectivity index (χ1n) is 8.31. The van der Waals surface area contributed by atoms with Gasteiger partial charge in [-0.1, -0.05) is 24.3 Å². The lowest BCUT2D eigenvalue weighted by Crippen LogP contribution is -2.42. The zero-order valence-corrected chi connectivity index (χ0v) is 15.6. The van der Waals surface area contributed by atoms with Crippen LogP contribution in [0.1, 0.15) is 26.9 Å². The van der Waals surface area contributed by atoms with Crippen LogP contribution >= 0.6 is 22.7 Å². The van der Waals surface area contributed by atoms with Crippen molar-refractivity contribution in [2.45, 2.75) is 19.4 Å². The molecule has 0 bridgehead atoms. The summed E-state index contributed by atoms with van der Waals surface area (Å²) in [5.74, 6) is 0.815. The van der Waals surface area contributed by atoms with E-state index in [1.807, 2.05) is 42.2 Å². The molecule has 1 atom stereocenters. The third kappa shape index (κ3) is 3.22. The van der Waals surface area contributed by atoms with Crippen molar-refractivity contribution in [3.05, 3.63) is 74.1 Å². The molecule has 0 unspecified atom stereocenters. The first kappa shape index (κ1) is 16.4. The first-order valence-corrected chi connectivity index (χ1v) is 10.1. The molecule has 0 saturated heterocycles. The number of rotatable bonds is 4. The number of hydrogen-bond acceptors (Lipinski definition) is 4. The van der Waals surface area contributed by atoms with Crippen LogP contribution in [0.25, 0.3) is 0 Å². The number of aryl methyl sites for hydroxylation is 1. The number of thiophene rings is 2. The van der Waals surface area contributed by atoms with E-state index >= 15 is 0 Å². The van der Waals surface area contributed by atoms with Crippen LogP contribution in [-0.2, 0) is 11.2 Å². The fourth-order valence-electron chi connectivity index (χ4n) is 3.28. The van der Waals surface area contributed by atoms with Crippen molar-refractivity contribution in [3.8, 4) is 5.75 Å². The molecular formula is C20H19NO2S2. The van der Waals surface area contributed by atoms with E-state index in [2.05, 4.69) is 22.9 Å². The van der Waals surface area contributed by atoms with Crippen molar-refractivity contribution in [2.24, 2.45) is 0 Å². The Balaban J connectivity index is 1.56. The maximum atomic E-state index is 12.9. The summed E-state index contributed by atoms with van der Waals surface area (Å²) < 4.78 is 5.80. The molecule has 0 spiro atoms. The van der Waals surface area contributed by atoms with E-state index in [0.717, 1.165) is 24.3 Å². The van der Waals surface area contributed by atoms with Gasteiger partial charge in [0.2, 0.25) is 0 Å². The average Bonchev–Trinajstić information content (AvgIpc) is 3.31. The zero-order valence-electron chi connectivity index (χ0n) is 14.0. The van der Waals surface area contributed by atoms with Crippen molar-refractivity contribution < 1.29 is 9.53 Å². The number of ether oxygens (including phenoxy) is 1. The highest BCUT2D eigenvalue weighted by molar-refractivity contribution is 7.10. The van der Waals surface area contributed by atoms with Gasteiger partial charge in [-0.2, -0.15) is 0 Å². The summed E-state index contributed by atoms with van der Waals surface area (Å²) in [7, 11) is 0. The summed E-state index contributed by atoms with van der Waals surface area (Å²) in [5.41, 5.74) is 2.31. The lowest BCUT2D eigenvalue weighted by Gasteiger charge is -2.35. The van der Waals surface area contributed by atoms with Gasteiger partial charge in [-0.3, -0.25) is 4.79 Å². The second-order valence-electron chi connectivity index (χ2n) is 6.11. The molecule has 1 aliphatic rings. The molecule has 25 heavy (non-hydrogen) atoms. The molecule has 0 aliphatic carbocycles. The van der Waals surface area contributed by atoms with Gasteiger partial charge in [0.1, 0.15) is 5.75 Å². The molecule has 1 amide bonds. The SMILES string of the molecule is Cc1ccccc1OCC(=O)N1CCc2sccc2[C@H]1c1cccs1. The Kier molecular flexibility index (Phi) is 4.59. The van der Waals surface area contributed by atoms with Crippen LogP contribution in [0.15, 0.2) is 53.2 Å². The minimum Gasteiger partial charge on any atom is -0.484 e. The average molecular weight is 370 g/mol. The van der Waals surface area contributed by atoms with Crippen LogP contribution in [0.3, 0.4) is 0 Å². The van der Waals surface area contributed by atoms with Gasteiger partial charge in [-0.15, -0.1) is 22.7 Å². The van der Waals surface area contributed by atoms with Gasteiger partial charge >= 0.3 is 0 Å². The number of nitrogens with zero attached hydrogens (tertiary/aromatic N) is 1. The second kappa shape index (κ2) is 7.02. The van der Waals surface area contributed by atoms with E-state index in [1.165, 1.54) is 15.3 Å². The molecule has 3 nitrogen and oxygen atoms in total. The topological polar surface area (TPSA) is 29.5 Å². The molecule has 128 valence electrons. The lowest BCUT2D eigenvalue weighted by molar-refractivity contribution is -0.135. The minimum absolute atomic E-state index is 0.0166. The molecular weight excluding hydrogens is 350 g/mol. The van der Waals surface area contributed by atoms with Gasteiger partial charge in [0.15, 0.2) is 6.61 Å². The van der Waals surface area contributed by atoms with Crippen LogP contribution in [0.2, 0.25) is 0 Å². The van der Waals surface area contributed by atoms with E-state index in [4.69, 9.17) is 4.74 Å². The van der Waals surface area contributed by atoms with Crippen molar-refractivity contribution in [3.63, 3.8) is 0 Å². The van der Waals surface area contributed by atoms with E-state index in [-0.39, 0.29) is 18.6 Å². The lowest BCUT2D eigenvalue weighted by atomic mass is 9.98. The Morgan fingerprint density at radius 2 is 2.04 bits per heavy atom. The predicted octanol–water partition coefficient (Wildman–Crippen LogP) is 4.67. The van der Waals surface area contributed by atoms with Gasteiger partial charge in [0.05, 0.1) is 6.04 Å². The monoisotopic (exact) mass is 369 g/mol. The van der Waals surface area contributed by atoms with Crippen molar-refractivity contribution in [1.82, 2.24) is 4.90 Å². The van der Waals surface area contributed by atoms with Crippen molar-refractivity contribution >= 4 is 28.6 Å². The zero-order chi connectivity index (χ0) is 17.2. The Labute approximate surface area is 155 Å². The number of para-hydroxylation sites is 1. The van der Waals surface area contributed by atoms with Gasteiger partial charge in [-0.25, -0.2) is 0 Å². The number of carbonyl (C=O) groups excluding carboxylic acids is 1. The highest BCUT2D eigenvalue weighted by Gasteiger charge is 2.33. The summed E-state index contributed by atoms with van der Waals surface area (Å²) in [5, 5.41) is 4.20. The Hall–Kier alpha value is -2.11. The van der Waals surface area contributed by atoms with Crippen LogP contribution in [-0.4, -0.2) is 24.0 Å². The third-order valence-electron chi connectivity index (χ3n) is 4.54. The maximum Gasteiger partial charge on any atom is 0.261 e. The maximum absolute atomic E-state index is 12.9. The number of benzene rings is 1. The summed E-state index contributed by atoms with van der Waals surface area (Å²) in [6.45, 7) is 2.81. The third-order valence-corrected chi connectivity index (χ3v) is 6.46. The van der Waals surface area contributed by atoms with E-state index in [9.17, 15) is 4.79 Å². The van der Waals surface area contributed by atoms with Crippen LogP contribution in [0, 0.1) is 6.92 Å². The molecule has 0 fully saturated rings. The summed E-state index contributed by atoms with van der Waals surface area (Å²) in [4.78, 5) is 17.5. The fraction of sp³-hybridized carbons (Fsp3) is 0.250. The fourth-order valence-corrected chi connectivity index (χ4v) is 5.04. The summed E-state index contributed by atoms with van der Waals surface area (Å²) >= 11 is 3.49. The smallest absolute Gasteiger partial charge is 0.261 e. The predicted molar refractivity (Wildman–Crippen MR) is 103 cm³/mol. The molecule has 0 saturated carbocycles. The van der Waals surface area contributed by atoms with Gasteiger partial charge in [0, 0.05) is 16.3 Å². The largest absolute Gasteiger partial charge is 0.484 e. The van der Waals surface area contributed by atoms with Crippen molar-refractivity contribution in [1.29, 1.82) is 0 Å². The first-order chi connectivity index (χ1) is 12.2. The van der Waals surface area contributed by atoms with Gasteiger partial charge in [-0.05, 0) is 53.4 Å². The Morgan fingerprint density at radius 3 is 2.84 bits per heavy atom. The molecule has 3 aromatic rings. The molecule has 3 heterocycles. The van der Waals surface area contributed by atoms with E-state index in [0.29, 0.717) is 0 Å². The van der Waals surface area contributed by atoms with E-state index in [1.54, 1.807) is 22.7 Å². The Bertz CT molecular complexity index is 869. The molecule has 2 aromatic heterocycles. The summed E-state index contributed by atoms with van der Waals surface area (Å²) in [6.07, 6.45) is 0.922. The van der Waals surface area contributed by atoms with Gasteiger partial charge in [0.25, 0.3) is 5.91 Å². The standard InChI is InChI=1S/C20H19NO2S2/c1-14-5-2-3-6-16(14)23-13-19(22)21-10-8-17-15(9-12-25-17)20(21)18-7-4-11-24-18/h2-7,9,11-12,20H,8,10,13H2,1H3/t20-/m0/s1. The molecule has 0 radical (unpaired) electrons. The minimum atomic E-state index is 0.0166. The highest BCUT2D eigenvalue weighted by Crippen LogP contribution is 2.39. The van der Waals surface area contributed by atoms with E-state index < -0.39 is 0 Å². The number of carbonyl (C=O) groups is 1. The normalized spacial score (nSPS) is 16.5. The molecule has 1 aromatic carbocycles. The number of amides is 1. The summed E-state index contributed by atoms with van der Waals surface area (Å²) in [6, 6.07) is 14.1. The molecule has 4 rings (SSSR count). The molecule has 1 aliphatic heterocycles. The number of hydrogen-bond donors (Lipinski definition) is 0. The van der Waals surface area contributed by atoms with Crippen LogP contribution < -0.4 is 4.74 Å². The molecule has 5 heteroatoms. The Morgan fingerprint density at radius 1 is 1.16 bits per heavy atom. The number of fused-ring (bicyclic) bond motifs is 1. The van der Waals surface area contributed by atoms with Crippen LogP contribution in [0.4, 0.5) is 0 Å². The van der Waals surface area contributed by atoms with Crippen molar-refractivity contribution in [2.75, 3.05) is 13.2 Å². The highest BCUT2D eigenvalue weighted by atomic mass is 32.1. The quantitative estimate of drug-likeness (QED) is 0.669. The molecule has 0 N–H and O–H groups in total. The van der Waals surface area contributed by atoms with Gasteiger partial charge < -0.3 is 9.64 Å². The second-order valence-corrected chi connectivity index (χ2v) is 8.09. The van der Waals surface area contributed by atoms with Crippen LogP contribution in [0.5, 0.6) is 5.75 Å².